The topological polar surface area (TPSA) is 64.9 Å². The van der Waals surface area contributed by atoms with Gasteiger partial charge in [0.15, 0.2) is 5.82 Å². The maximum absolute atomic E-state index is 5.69. The number of aryl methyl sites for hydroxylation is 1. The van der Waals surface area contributed by atoms with Crippen LogP contribution in [0.1, 0.15) is 63.6 Å². The molecule has 2 unspecified atom stereocenters. The number of hydrogen-bond donors (Lipinski definition) is 1. The SMILES string of the molecule is CC12CC3CC(C1)CC(c1nc(CCCN)no1)(C3)C2. The van der Waals surface area contributed by atoms with Gasteiger partial charge in [0.1, 0.15) is 0 Å². The Balaban J connectivity index is 1.62. The molecule has 4 bridgehead atoms. The molecule has 1 aromatic rings. The lowest BCUT2D eigenvalue weighted by Gasteiger charge is -2.59. The van der Waals surface area contributed by atoms with Crippen LogP contribution in [0, 0.1) is 17.3 Å². The first-order chi connectivity index (χ1) is 9.61. The van der Waals surface area contributed by atoms with E-state index < -0.39 is 0 Å². The molecule has 0 aliphatic heterocycles. The van der Waals surface area contributed by atoms with E-state index in [4.69, 9.17) is 15.2 Å². The molecule has 20 heavy (non-hydrogen) atoms. The van der Waals surface area contributed by atoms with Crippen LogP contribution in [0.5, 0.6) is 0 Å². The van der Waals surface area contributed by atoms with Crippen LogP contribution in [-0.4, -0.2) is 16.7 Å². The van der Waals surface area contributed by atoms with Crippen molar-refractivity contribution in [2.45, 2.75) is 63.7 Å². The van der Waals surface area contributed by atoms with Crippen molar-refractivity contribution in [1.29, 1.82) is 0 Å². The quantitative estimate of drug-likeness (QED) is 0.917. The van der Waals surface area contributed by atoms with Crippen LogP contribution in [0.25, 0.3) is 0 Å². The fourth-order valence-electron chi connectivity index (χ4n) is 5.80. The summed E-state index contributed by atoms with van der Waals surface area (Å²) in [4.78, 5) is 4.74. The average molecular weight is 275 g/mol. The molecule has 5 rings (SSSR count). The second kappa shape index (κ2) is 4.30. The van der Waals surface area contributed by atoms with E-state index in [0.717, 1.165) is 36.4 Å². The molecule has 0 saturated heterocycles. The highest BCUT2D eigenvalue weighted by molar-refractivity contribution is 5.17. The molecule has 4 fully saturated rings. The smallest absolute Gasteiger partial charge is 0.232 e. The Morgan fingerprint density at radius 2 is 2.00 bits per heavy atom. The Morgan fingerprint density at radius 3 is 2.65 bits per heavy atom. The van der Waals surface area contributed by atoms with E-state index in [1.807, 2.05) is 0 Å². The van der Waals surface area contributed by atoms with E-state index in [9.17, 15) is 0 Å². The predicted octanol–water partition coefficient (Wildman–Crippen LogP) is 2.82. The maximum Gasteiger partial charge on any atom is 0.232 e. The van der Waals surface area contributed by atoms with Crippen LogP contribution in [0.4, 0.5) is 0 Å². The number of hydrogen-bond acceptors (Lipinski definition) is 4. The Hall–Kier alpha value is -0.900. The highest BCUT2D eigenvalue weighted by Gasteiger charge is 2.58. The van der Waals surface area contributed by atoms with Crippen LogP contribution in [0.2, 0.25) is 0 Å². The zero-order valence-corrected chi connectivity index (χ0v) is 12.4. The van der Waals surface area contributed by atoms with Gasteiger partial charge in [0.05, 0.1) is 5.41 Å². The summed E-state index contributed by atoms with van der Waals surface area (Å²) >= 11 is 0. The van der Waals surface area contributed by atoms with Gasteiger partial charge in [0.2, 0.25) is 5.89 Å². The number of nitrogens with zero attached hydrogens (tertiary/aromatic N) is 2. The molecule has 0 radical (unpaired) electrons. The molecule has 1 heterocycles. The first-order valence-electron chi connectivity index (χ1n) is 8.14. The number of rotatable bonds is 4. The Kier molecular flexibility index (Phi) is 2.75. The summed E-state index contributed by atoms with van der Waals surface area (Å²) in [5.74, 6) is 3.57. The molecule has 4 aliphatic rings. The molecule has 110 valence electrons. The molecule has 0 spiro atoms. The van der Waals surface area contributed by atoms with Crippen molar-refractivity contribution in [3.63, 3.8) is 0 Å². The summed E-state index contributed by atoms with van der Waals surface area (Å²) < 4.78 is 5.69. The Morgan fingerprint density at radius 1 is 1.25 bits per heavy atom. The van der Waals surface area contributed by atoms with Gasteiger partial charge in [-0.3, -0.25) is 0 Å². The van der Waals surface area contributed by atoms with Gasteiger partial charge in [-0.05, 0) is 68.7 Å². The van der Waals surface area contributed by atoms with E-state index in [1.165, 1.54) is 38.5 Å². The average Bonchev–Trinajstić information content (AvgIpc) is 2.82. The minimum atomic E-state index is 0.201. The third-order valence-corrected chi connectivity index (χ3v) is 5.88. The summed E-state index contributed by atoms with van der Waals surface area (Å²) in [6.07, 6.45) is 9.86. The fraction of sp³-hybridized carbons (Fsp3) is 0.875. The summed E-state index contributed by atoms with van der Waals surface area (Å²) in [6.45, 7) is 3.17. The normalized spacial score (nSPS) is 42.3. The first-order valence-corrected chi connectivity index (χ1v) is 8.14. The van der Waals surface area contributed by atoms with E-state index in [2.05, 4.69) is 12.1 Å². The number of aromatic nitrogens is 2. The monoisotopic (exact) mass is 275 g/mol. The van der Waals surface area contributed by atoms with Gasteiger partial charge in [-0.1, -0.05) is 12.1 Å². The molecular weight excluding hydrogens is 250 g/mol. The van der Waals surface area contributed by atoms with Crippen molar-refractivity contribution in [2.24, 2.45) is 23.0 Å². The summed E-state index contributed by atoms with van der Waals surface area (Å²) in [5, 5.41) is 4.19. The standard InChI is InChI=1S/C16H25N3O/c1-15-6-11-5-12(7-15)9-16(8-11,10-15)14-18-13(19-20-14)3-2-4-17/h11-12H,2-10,17H2,1H3. The molecule has 2 N–H and O–H groups in total. The lowest BCUT2D eigenvalue weighted by atomic mass is 9.44. The van der Waals surface area contributed by atoms with E-state index in [1.54, 1.807) is 0 Å². The summed E-state index contributed by atoms with van der Waals surface area (Å²) in [6, 6.07) is 0. The van der Waals surface area contributed by atoms with Crippen molar-refractivity contribution in [1.82, 2.24) is 10.1 Å². The molecule has 0 aromatic carbocycles. The third-order valence-electron chi connectivity index (χ3n) is 5.88. The van der Waals surface area contributed by atoms with Gasteiger partial charge in [-0.25, -0.2) is 0 Å². The molecule has 4 saturated carbocycles. The lowest BCUT2D eigenvalue weighted by Crippen LogP contribution is -2.53. The van der Waals surface area contributed by atoms with E-state index in [-0.39, 0.29) is 5.41 Å². The first kappa shape index (κ1) is 12.8. The van der Waals surface area contributed by atoms with Crippen molar-refractivity contribution >= 4 is 0 Å². The van der Waals surface area contributed by atoms with Crippen LogP contribution < -0.4 is 5.73 Å². The van der Waals surface area contributed by atoms with Gasteiger partial charge in [-0.2, -0.15) is 4.98 Å². The molecule has 2 atom stereocenters. The van der Waals surface area contributed by atoms with Crippen molar-refractivity contribution in [3.8, 4) is 0 Å². The highest BCUT2D eigenvalue weighted by Crippen LogP contribution is 2.65. The largest absolute Gasteiger partial charge is 0.339 e. The summed E-state index contributed by atoms with van der Waals surface area (Å²) in [5.41, 5.74) is 6.29. The Bertz CT molecular complexity index is 496. The third kappa shape index (κ3) is 1.92. The van der Waals surface area contributed by atoms with Crippen molar-refractivity contribution in [3.05, 3.63) is 11.7 Å². The molecule has 4 aliphatic carbocycles. The lowest BCUT2D eigenvalue weighted by molar-refractivity contribution is -0.0724. The second-order valence-corrected chi connectivity index (χ2v) is 7.96. The maximum atomic E-state index is 5.69. The van der Waals surface area contributed by atoms with Crippen LogP contribution >= 0.6 is 0 Å². The highest BCUT2D eigenvalue weighted by atomic mass is 16.5. The van der Waals surface area contributed by atoms with Gasteiger partial charge >= 0.3 is 0 Å². The zero-order chi connectivity index (χ0) is 13.8. The molecule has 4 heteroatoms. The predicted molar refractivity (Wildman–Crippen MR) is 76.1 cm³/mol. The molecular formula is C16H25N3O. The van der Waals surface area contributed by atoms with Gasteiger partial charge < -0.3 is 10.3 Å². The second-order valence-electron chi connectivity index (χ2n) is 7.96. The van der Waals surface area contributed by atoms with Gasteiger partial charge in [-0.15, -0.1) is 0 Å². The van der Waals surface area contributed by atoms with Crippen molar-refractivity contribution in [2.75, 3.05) is 6.54 Å². The van der Waals surface area contributed by atoms with Gasteiger partial charge in [0, 0.05) is 6.42 Å². The van der Waals surface area contributed by atoms with Crippen LogP contribution in [0.3, 0.4) is 0 Å². The van der Waals surface area contributed by atoms with Gasteiger partial charge in [0.25, 0.3) is 0 Å². The van der Waals surface area contributed by atoms with Crippen molar-refractivity contribution < 1.29 is 4.52 Å². The van der Waals surface area contributed by atoms with E-state index in [0.29, 0.717) is 12.0 Å². The molecule has 1 aromatic heterocycles. The molecule has 4 nitrogen and oxygen atoms in total. The Labute approximate surface area is 120 Å². The minimum absolute atomic E-state index is 0.201. The van der Waals surface area contributed by atoms with E-state index >= 15 is 0 Å². The minimum Gasteiger partial charge on any atom is -0.339 e. The van der Waals surface area contributed by atoms with Crippen LogP contribution in [0.15, 0.2) is 4.52 Å². The zero-order valence-electron chi connectivity index (χ0n) is 12.4. The molecule has 0 amide bonds. The van der Waals surface area contributed by atoms with Crippen LogP contribution in [-0.2, 0) is 11.8 Å². The summed E-state index contributed by atoms with van der Waals surface area (Å²) in [7, 11) is 0. The number of nitrogens with two attached hydrogens (primary N) is 1. The fourth-order valence-corrected chi connectivity index (χ4v) is 5.80.